The normalized spacial score (nSPS) is 12.4. The minimum atomic E-state index is -0.996. The molecule has 0 aliphatic rings. The van der Waals surface area contributed by atoms with Crippen molar-refractivity contribution in [2.75, 3.05) is 0 Å². The standard InChI is InChI=1S/C32H30FN5O4/c1-19(2)26(27(40)29-36-37-31(42-29)32(3,4)21-14-16-22(33)17-15-21)35-25(39)18-38-28(20-10-6-5-7-11-20)34-24-13-9-8-12-23(24)30(38)41/h5-17,19,26H,18H2,1-4H3,(H,35,39)/t26-/m1/s1. The van der Waals surface area contributed by atoms with Crippen LogP contribution < -0.4 is 10.9 Å². The van der Waals surface area contributed by atoms with Crippen molar-refractivity contribution >= 4 is 22.6 Å². The third-order valence-electron chi connectivity index (χ3n) is 7.20. The highest BCUT2D eigenvalue weighted by atomic mass is 19.1. The molecule has 0 saturated carbocycles. The molecule has 42 heavy (non-hydrogen) atoms. The van der Waals surface area contributed by atoms with Gasteiger partial charge in [-0.1, -0.05) is 68.4 Å². The molecule has 0 aliphatic heterocycles. The molecule has 10 heteroatoms. The Morgan fingerprint density at radius 2 is 1.62 bits per heavy atom. The topological polar surface area (TPSA) is 120 Å². The SMILES string of the molecule is CC(C)[C@@H](NC(=O)Cn1c(-c2ccccc2)nc2ccccc2c1=O)C(=O)c1nnc(C(C)(C)c2ccc(F)cc2)o1. The number of nitrogens with one attached hydrogen (secondary N) is 1. The van der Waals surface area contributed by atoms with Crippen LogP contribution >= 0.6 is 0 Å². The smallest absolute Gasteiger partial charge is 0.286 e. The minimum Gasteiger partial charge on any atom is -0.417 e. The summed E-state index contributed by atoms with van der Waals surface area (Å²) in [6.07, 6.45) is 0. The van der Waals surface area contributed by atoms with Crippen molar-refractivity contribution in [2.45, 2.75) is 45.7 Å². The number of halogens is 1. The van der Waals surface area contributed by atoms with Crippen LogP contribution in [0, 0.1) is 11.7 Å². The Bertz CT molecular complexity index is 1810. The number of amides is 1. The van der Waals surface area contributed by atoms with Crippen LogP contribution in [0.2, 0.25) is 0 Å². The van der Waals surface area contributed by atoms with Gasteiger partial charge in [-0.2, -0.15) is 0 Å². The van der Waals surface area contributed by atoms with Gasteiger partial charge in [0.25, 0.3) is 11.4 Å². The zero-order chi connectivity index (χ0) is 30.0. The molecule has 214 valence electrons. The Balaban J connectivity index is 1.41. The van der Waals surface area contributed by atoms with E-state index >= 15 is 0 Å². The van der Waals surface area contributed by atoms with E-state index in [0.717, 1.165) is 5.56 Å². The Kier molecular flexibility index (Phi) is 7.80. The number of hydrogen-bond acceptors (Lipinski definition) is 7. The second kappa shape index (κ2) is 11.5. The van der Waals surface area contributed by atoms with Crippen LogP contribution in [0.25, 0.3) is 22.3 Å². The number of rotatable bonds is 9. The first-order chi connectivity index (χ1) is 20.1. The van der Waals surface area contributed by atoms with Gasteiger partial charge in [0.15, 0.2) is 0 Å². The molecule has 0 bridgehead atoms. The van der Waals surface area contributed by atoms with Crippen LogP contribution in [-0.2, 0) is 16.8 Å². The molecule has 0 radical (unpaired) electrons. The second-order valence-electron chi connectivity index (χ2n) is 10.9. The first-order valence-electron chi connectivity index (χ1n) is 13.5. The monoisotopic (exact) mass is 567 g/mol. The average molecular weight is 568 g/mol. The van der Waals surface area contributed by atoms with E-state index in [1.165, 1.54) is 16.7 Å². The van der Waals surface area contributed by atoms with Crippen LogP contribution in [-0.4, -0.2) is 37.5 Å². The van der Waals surface area contributed by atoms with Crippen molar-refractivity contribution in [3.63, 3.8) is 0 Å². The first-order valence-corrected chi connectivity index (χ1v) is 13.5. The van der Waals surface area contributed by atoms with Crippen molar-refractivity contribution < 1.29 is 18.4 Å². The summed E-state index contributed by atoms with van der Waals surface area (Å²) in [7, 11) is 0. The van der Waals surface area contributed by atoms with E-state index in [4.69, 9.17) is 4.42 Å². The molecule has 0 fully saturated rings. The van der Waals surface area contributed by atoms with Crippen LogP contribution in [0.3, 0.4) is 0 Å². The minimum absolute atomic E-state index is 0.174. The van der Waals surface area contributed by atoms with Crippen molar-refractivity contribution in [1.29, 1.82) is 0 Å². The van der Waals surface area contributed by atoms with Crippen molar-refractivity contribution in [3.05, 3.63) is 112 Å². The van der Waals surface area contributed by atoms with Gasteiger partial charge in [-0.15, -0.1) is 10.2 Å². The highest BCUT2D eigenvalue weighted by molar-refractivity contribution is 5.98. The highest BCUT2D eigenvalue weighted by Crippen LogP contribution is 2.31. The molecule has 1 amide bonds. The number of hydrogen-bond donors (Lipinski definition) is 1. The Morgan fingerprint density at radius 3 is 2.31 bits per heavy atom. The average Bonchev–Trinajstić information content (AvgIpc) is 3.49. The van der Waals surface area contributed by atoms with Gasteiger partial charge in [-0.25, -0.2) is 9.37 Å². The number of carbonyl (C=O) groups excluding carboxylic acids is 2. The zero-order valence-corrected chi connectivity index (χ0v) is 23.7. The maximum Gasteiger partial charge on any atom is 0.286 e. The molecule has 5 aromatic rings. The molecular weight excluding hydrogens is 537 g/mol. The third-order valence-corrected chi connectivity index (χ3v) is 7.20. The summed E-state index contributed by atoms with van der Waals surface area (Å²) in [6.45, 7) is 6.85. The second-order valence-corrected chi connectivity index (χ2v) is 10.9. The van der Waals surface area contributed by atoms with E-state index in [9.17, 15) is 18.8 Å². The van der Waals surface area contributed by atoms with Gasteiger partial charge in [0.2, 0.25) is 17.6 Å². The summed E-state index contributed by atoms with van der Waals surface area (Å²) in [5, 5.41) is 11.2. The van der Waals surface area contributed by atoms with Crippen LogP contribution in [0.5, 0.6) is 0 Å². The molecule has 1 atom stereocenters. The van der Waals surface area contributed by atoms with E-state index in [2.05, 4.69) is 20.5 Å². The number of para-hydroxylation sites is 1. The Hall–Kier alpha value is -4.99. The van der Waals surface area contributed by atoms with E-state index < -0.39 is 23.1 Å². The summed E-state index contributed by atoms with van der Waals surface area (Å²) < 4.78 is 20.5. The van der Waals surface area contributed by atoms with Crippen LogP contribution in [0.4, 0.5) is 4.39 Å². The molecule has 3 aromatic carbocycles. The highest BCUT2D eigenvalue weighted by Gasteiger charge is 2.34. The number of Topliss-reactive ketones (excluding diaryl/α,β-unsaturated/α-hetero) is 1. The van der Waals surface area contributed by atoms with Crippen molar-refractivity contribution in [3.8, 4) is 11.4 Å². The van der Waals surface area contributed by atoms with Gasteiger partial charge in [0, 0.05) is 5.56 Å². The largest absolute Gasteiger partial charge is 0.417 e. The van der Waals surface area contributed by atoms with E-state index in [1.807, 2.05) is 44.2 Å². The Morgan fingerprint density at radius 1 is 0.952 bits per heavy atom. The summed E-state index contributed by atoms with van der Waals surface area (Å²) >= 11 is 0. The molecular formula is C32H30FN5O4. The summed E-state index contributed by atoms with van der Waals surface area (Å²) in [4.78, 5) is 45.0. The molecule has 0 spiro atoms. The fourth-order valence-corrected chi connectivity index (χ4v) is 4.72. The lowest BCUT2D eigenvalue weighted by atomic mass is 9.84. The van der Waals surface area contributed by atoms with Gasteiger partial charge in [-0.3, -0.25) is 19.0 Å². The maximum atomic E-state index is 13.5. The summed E-state index contributed by atoms with van der Waals surface area (Å²) in [5.41, 5.74) is 0.750. The van der Waals surface area contributed by atoms with Gasteiger partial charge >= 0.3 is 0 Å². The maximum absolute atomic E-state index is 13.5. The lowest BCUT2D eigenvalue weighted by Gasteiger charge is -2.21. The zero-order valence-electron chi connectivity index (χ0n) is 23.7. The lowest BCUT2D eigenvalue weighted by Crippen LogP contribution is -2.46. The molecule has 2 heterocycles. The van der Waals surface area contributed by atoms with E-state index in [0.29, 0.717) is 22.3 Å². The summed E-state index contributed by atoms with van der Waals surface area (Å²) in [5.74, 6) is -1.55. The van der Waals surface area contributed by atoms with E-state index in [1.54, 1.807) is 50.2 Å². The lowest BCUT2D eigenvalue weighted by molar-refractivity contribution is -0.122. The number of carbonyl (C=O) groups is 2. The fraction of sp³-hybridized carbons (Fsp3) is 0.250. The first kappa shape index (κ1) is 28.5. The third kappa shape index (κ3) is 5.60. The van der Waals surface area contributed by atoms with Gasteiger partial charge in [0.05, 0.1) is 22.4 Å². The van der Waals surface area contributed by atoms with E-state index in [-0.39, 0.29) is 35.6 Å². The molecule has 1 N–H and O–H groups in total. The molecule has 0 aliphatic carbocycles. The van der Waals surface area contributed by atoms with Crippen molar-refractivity contribution in [2.24, 2.45) is 5.92 Å². The van der Waals surface area contributed by atoms with Crippen molar-refractivity contribution in [1.82, 2.24) is 25.1 Å². The number of ketones is 1. The van der Waals surface area contributed by atoms with Gasteiger partial charge < -0.3 is 9.73 Å². The molecule has 9 nitrogen and oxygen atoms in total. The number of benzene rings is 3. The molecule has 0 unspecified atom stereocenters. The molecule has 2 aromatic heterocycles. The van der Waals surface area contributed by atoms with Crippen LogP contribution in [0.1, 0.15) is 49.8 Å². The quantitative estimate of drug-likeness (QED) is 0.251. The fourth-order valence-electron chi connectivity index (χ4n) is 4.72. The molecule has 0 saturated heterocycles. The number of nitrogens with zero attached hydrogens (tertiary/aromatic N) is 4. The summed E-state index contributed by atoms with van der Waals surface area (Å²) in [6, 6.07) is 21.0. The van der Waals surface area contributed by atoms with Gasteiger partial charge in [0.1, 0.15) is 18.2 Å². The van der Waals surface area contributed by atoms with Crippen LogP contribution in [0.15, 0.2) is 88.1 Å². The Labute approximate surface area is 241 Å². The van der Waals surface area contributed by atoms with Gasteiger partial charge in [-0.05, 0) is 49.6 Å². The number of aromatic nitrogens is 4. The number of fused-ring (bicyclic) bond motifs is 1. The predicted octanol–water partition coefficient (Wildman–Crippen LogP) is 4.94. The molecule has 5 rings (SSSR count). The predicted molar refractivity (Wildman–Crippen MR) is 155 cm³/mol.